The fraction of sp³-hybridized carbons (Fsp3) is 0.562. The lowest BCUT2D eigenvalue weighted by atomic mass is 10.0. The first-order valence-electron chi connectivity index (χ1n) is 7.17. The lowest BCUT2D eigenvalue weighted by Crippen LogP contribution is -2.48. The van der Waals surface area contributed by atoms with Crippen molar-refractivity contribution >= 4 is 11.6 Å². The summed E-state index contributed by atoms with van der Waals surface area (Å²) in [7, 11) is 1.87. The zero-order valence-corrected chi connectivity index (χ0v) is 12.8. The summed E-state index contributed by atoms with van der Waals surface area (Å²) in [6, 6.07) is 8.51. The molecule has 1 aliphatic heterocycles. The Balaban J connectivity index is 0.000000861. The van der Waals surface area contributed by atoms with Crippen LogP contribution in [-0.2, 0) is 4.79 Å². The Kier molecular flexibility index (Phi) is 5.87. The van der Waals surface area contributed by atoms with Crippen molar-refractivity contribution in [2.75, 3.05) is 31.6 Å². The van der Waals surface area contributed by atoms with Crippen LogP contribution in [0.1, 0.15) is 39.2 Å². The topological polar surface area (TPSA) is 23.6 Å². The first-order chi connectivity index (χ1) is 9.08. The second-order valence-electron chi connectivity index (χ2n) is 4.99. The molecule has 106 valence electrons. The van der Waals surface area contributed by atoms with Crippen molar-refractivity contribution in [1.82, 2.24) is 4.90 Å². The third kappa shape index (κ3) is 3.98. The molecule has 0 N–H and O–H groups in total. The van der Waals surface area contributed by atoms with Gasteiger partial charge in [0.05, 0.1) is 6.54 Å². The molecular weight excluding hydrogens is 236 g/mol. The maximum Gasteiger partial charge on any atom is 0.241 e. The highest BCUT2D eigenvalue weighted by Gasteiger charge is 2.21. The van der Waals surface area contributed by atoms with Gasteiger partial charge in [-0.2, -0.15) is 0 Å². The van der Waals surface area contributed by atoms with E-state index in [1.807, 2.05) is 20.9 Å². The summed E-state index contributed by atoms with van der Waals surface area (Å²) in [5.74, 6) is 0.726. The maximum absolute atomic E-state index is 11.7. The van der Waals surface area contributed by atoms with Gasteiger partial charge in [-0.05, 0) is 23.6 Å². The Labute approximate surface area is 117 Å². The summed E-state index contributed by atoms with van der Waals surface area (Å²) in [5.41, 5.74) is 2.49. The Morgan fingerprint density at radius 2 is 1.84 bits per heavy atom. The third-order valence-corrected chi connectivity index (χ3v) is 3.36. The quantitative estimate of drug-likeness (QED) is 0.817. The Morgan fingerprint density at radius 1 is 1.16 bits per heavy atom. The fourth-order valence-electron chi connectivity index (χ4n) is 2.06. The summed E-state index contributed by atoms with van der Waals surface area (Å²) in [5, 5.41) is 0. The Bertz CT molecular complexity index is 415. The van der Waals surface area contributed by atoms with Crippen LogP contribution in [-0.4, -0.2) is 37.5 Å². The van der Waals surface area contributed by atoms with Crippen LogP contribution in [0.15, 0.2) is 24.3 Å². The number of likely N-dealkylation sites (N-methyl/N-ethyl adjacent to an activating group) is 1. The van der Waals surface area contributed by atoms with Crippen molar-refractivity contribution in [3.63, 3.8) is 0 Å². The van der Waals surface area contributed by atoms with Crippen molar-refractivity contribution in [3.05, 3.63) is 29.8 Å². The normalized spacial score (nSPS) is 15.4. The summed E-state index contributed by atoms with van der Waals surface area (Å²) in [6.07, 6.45) is 0. The molecule has 1 saturated heterocycles. The maximum atomic E-state index is 11.7. The van der Waals surface area contributed by atoms with Crippen LogP contribution in [0.4, 0.5) is 5.69 Å². The molecule has 0 bridgehead atoms. The van der Waals surface area contributed by atoms with Gasteiger partial charge < -0.3 is 9.80 Å². The standard InChI is InChI=1S/C14H20N2O.C2H6/c1-11(2)12-5-4-6-13(9-12)16-8-7-15(3)14(17)10-16;1-2/h4-6,9,11H,7-8,10H2,1-3H3;1-2H3. The van der Waals surface area contributed by atoms with Crippen LogP contribution < -0.4 is 4.90 Å². The summed E-state index contributed by atoms with van der Waals surface area (Å²) in [6.45, 7) is 10.6. The Morgan fingerprint density at radius 3 is 2.42 bits per heavy atom. The number of nitrogens with zero attached hydrogens (tertiary/aromatic N) is 2. The molecule has 3 heteroatoms. The molecular formula is C16H26N2O. The van der Waals surface area contributed by atoms with Crippen LogP contribution in [0.2, 0.25) is 0 Å². The molecule has 1 aromatic carbocycles. The molecule has 1 heterocycles. The van der Waals surface area contributed by atoms with Crippen LogP contribution in [0, 0.1) is 0 Å². The van der Waals surface area contributed by atoms with E-state index < -0.39 is 0 Å². The highest BCUT2D eigenvalue weighted by atomic mass is 16.2. The van der Waals surface area contributed by atoms with Crippen LogP contribution in [0.3, 0.4) is 0 Å². The number of amides is 1. The van der Waals surface area contributed by atoms with Crippen molar-refractivity contribution in [2.24, 2.45) is 0 Å². The fourth-order valence-corrected chi connectivity index (χ4v) is 2.06. The van der Waals surface area contributed by atoms with E-state index in [9.17, 15) is 4.79 Å². The molecule has 2 rings (SSSR count). The molecule has 1 aliphatic rings. The van der Waals surface area contributed by atoms with Crippen molar-refractivity contribution in [1.29, 1.82) is 0 Å². The average Bonchev–Trinajstić information content (AvgIpc) is 2.44. The molecule has 19 heavy (non-hydrogen) atoms. The van der Waals surface area contributed by atoms with E-state index in [1.165, 1.54) is 5.56 Å². The molecule has 0 atom stereocenters. The Hall–Kier alpha value is -1.51. The summed E-state index contributed by atoms with van der Waals surface area (Å²) < 4.78 is 0. The zero-order chi connectivity index (χ0) is 14.4. The van der Waals surface area contributed by atoms with Crippen molar-refractivity contribution in [3.8, 4) is 0 Å². The van der Waals surface area contributed by atoms with Crippen molar-refractivity contribution in [2.45, 2.75) is 33.6 Å². The number of hydrogen-bond donors (Lipinski definition) is 0. The molecule has 0 spiro atoms. The molecule has 1 amide bonds. The summed E-state index contributed by atoms with van der Waals surface area (Å²) in [4.78, 5) is 15.6. The van der Waals surface area contributed by atoms with E-state index in [2.05, 4.69) is 43.0 Å². The largest absolute Gasteiger partial charge is 0.360 e. The molecule has 1 aromatic rings. The zero-order valence-electron chi connectivity index (χ0n) is 12.8. The molecule has 0 unspecified atom stereocenters. The minimum absolute atomic E-state index is 0.200. The average molecular weight is 262 g/mol. The van der Waals surface area contributed by atoms with Gasteiger partial charge >= 0.3 is 0 Å². The molecule has 0 aromatic heterocycles. The first kappa shape index (κ1) is 15.5. The minimum Gasteiger partial charge on any atom is -0.360 e. The van der Waals surface area contributed by atoms with E-state index in [0.717, 1.165) is 18.8 Å². The van der Waals surface area contributed by atoms with Gasteiger partial charge in [-0.3, -0.25) is 4.79 Å². The number of hydrogen-bond acceptors (Lipinski definition) is 2. The van der Waals surface area contributed by atoms with Crippen molar-refractivity contribution < 1.29 is 4.79 Å². The number of benzene rings is 1. The number of anilines is 1. The molecule has 0 aliphatic carbocycles. The van der Waals surface area contributed by atoms with Gasteiger partial charge in [-0.1, -0.05) is 39.8 Å². The van der Waals surface area contributed by atoms with Gasteiger partial charge in [0.25, 0.3) is 0 Å². The van der Waals surface area contributed by atoms with Gasteiger partial charge in [0.1, 0.15) is 0 Å². The lowest BCUT2D eigenvalue weighted by Gasteiger charge is -2.33. The lowest BCUT2D eigenvalue weighted by molar-refractivity contribution is -0.129. The van der Waals surface area contributed by atoms with E-state index in [-0.39, 0.29) is 5.91 Å². The third-order valence-electron chi connectivity index (χ3n) is 3.36. The van der Waals surface area contributed by atoms with Gasteiger partial charge in [0.15, 0.2) is 0 Å². The molecule has 0 saturated carbocycles. The van der Waals surface area contributed by atoms with Crippen LogP contribution >= 0.6 is 0 Å². The second kappa shape index (κ2) is 7.17. The summed E-state index contributed by atoms with van der Waals surface area (Å²) >= 11 is 0. The van der Waals surface area contributed by atoms with E-state index >= 15 is 0 Å². The number of rotatable bonds is 2. The van der Waals surface area contributed by atoms with E-state index in [1.54, 1.807) is 4.90 Å². The minimum atomic E-state index is 0.200. The number of carbonyl (C=O) groups excluding carboxylic acids is 1. The van der Waals surface area contributed by atoms with Crippen LogP contribution in [0.5, 0.6) is 0 Å². The van der Waals surface area contributed by atoms with Crippen LogP contribution in [0.25, 0.3) is 0 Å². The number of piperazine rings is 1. The van der Waals surface area contributed by atoms with E-state index in [4.69, 9.17) is 0 Å². The first-order valence-corrected chi connectivity index (χ1v) is 7.17. The van der Waals surface area contributed by atoms with Gasteiger partial charge in [-0.25, -0.2) is 0 Å². The molecule has 0 radical (unpaired) electrons. The van der Waals surface area contributed by atoms with E-state index in [0.29, 0.717) is 12.5 Å². The highest BCUT2D eigenvalue weighted by Crippen LogP contribution is 2.22. The predicted molar refractivity (Wildman–Crippen MR) is 81.7 cm³/mol. The predicted octanol–water partition coefficient (Wildman–Crippen LogP) is 3.11. The van der Waals surface area contributed by atoms with Gasteiger partial charge in [0, 0.05) is 25.8 Å². The monoisotopic (exact) mass is 262 g/mol. The highest BCUT2D eigenvalue weighted by molar-refractivity contribution is 5.82. The second-order valence-corrected chi connectivity index (χ2v) is 4.99. The smallest absolute Gasteiger partial charge is 0.241 e. The molecule has 3 nitrogen and oxygen atoms in total. The SMILES string of the molecule is CC.CC(C)c1cccc(N2CCN(C)C(=O)C2)c1. The molecule has 1 fully saturated rings. The number of carbonyl (C=O) groups is 1. The van der Waals surface area contributed by atoms with Gasteiger partial charge in [-0.15, -0.1) is 0 Å². The van der Waals surface area contributed by atoms with Gasteiger partial charge in [0.2, 0.25) is 5.91 Å².